The van der Waals surface area contributed by atoms with Crippen LogP contribution < -0.4 is 0 Å². The van der Waals surface area contributed by atoms with E-state index in [2.05, 4.69) is 0 Å². The third-order valence-electron chi connectivity index (χ3n) is 6.09. The summed E-state index contributed by atoms with van der Waals surface area (Å²) in [7, 11) is 1.43. The van der Waals surface area contributed by atoms with Crippen molar-refractivity contribution in [1.82, 2.24) is 0 Å². The molecule has 0 radical (unpaired) electrons. The topological polar surface area (TPSA) is 89.5 Å². The van der Waals surface area contributed by atoms with Gasteiger partial charge < -0.3 is 28.4 Å². The van der Waals surface area contributed by atoms with Crippen LogP contribution in [0.3, 0.4) is 0 Å². The summed E-state index contributed by atoms with van der Waals surface area (Å²) in [5.74, 6) is -1.18. The Morgan fingerprint density at radius 1 is 0.722 bits per heavy atom. The first kappa shape index (κ1) is 24.1. The van der Waals surface area contributed by atoms with E-state index in [1.165, 1.54) is 7.11 Å². The first-order chi connectivity index (χ1) is 17.6. The number of rotatable bonds is 6. The molecule has 6 atom stereocenters. The van der Waals surface area contributed by atoms with Crippen molar-refractivity contribution in [2.75, 3.05) is 13.7 Å². The molecule has 0 spiro atoms. The van der Waals surface area contributed by atoms with Gasteiger partial charge in [-0.1, -0.05) is 66.7 Å². The fraction of sp³-hybridized carbons (Fsp3) is 0.286. The van der Waals surface area contributed by atoms with Gasteiger partial charge in [0.1, 0.15) is 12.2 Å². The number of hydrogen-bond donors (Lipinski definition) is 0. The van der Waals surface area contributed by atoms with E-state index in [1.54, 1.807) is 60.7 Å². The van der Waals surface area contributed by atoms with Crippen LogP contribution in [0.5, 0.6) is 0 Å². The maximum Gasteiger partial charge on any atom is 0.338 e. The predicted molar refractivity (Wildman–Crippen MR) is 127 cm³/mol. The van der Waals surface area contributed by atoms with Gasteiger partial charge in [0, 0.05) is 12.7 Å². The third-order valence-corrected chi connectivity index (χ3v) is 6.09. The molecular weight excluding hydrogens is 464 g/mol. The molecule has 8 heteroatoms. The first-order valence-electron chi connectivity index (χ1n) is 11.7. The van der Waals surface area contributed by atoms with Crippen LogP contribution in [-0.4, -0.2) is 56.4 Å². The average Bonchev–Trinajstić information content (AvgIpc) is 2.95. The Labute approximate surface area is 208 Å². The zero-order valence-electron chi connectivity index (χ0n) is 19.6. The van der Waals surface area contributed by atoms with Crippen LogP contribution in [0.25, 0.3) is 0 Å². The molecule has 0 amide bonds. The number of carbonyl (C=O) groups excluding carboxylic acids is 2. The van der Waals surface area contributed by atoms with Crippen molar-refractivity contribution in [3.05, 3.63) is 108 Å². The van der Waals surface area contributed by atoms with Crippen molar-refractivity contribution < 1.29 is 38.0 Å². The Kier molecular flexibility index (Phi) is 7.39. The Balaban J connectivity index is 1.46. The van der Waals surface area contributed by atoms with Crippen LogP contribution in [0, 0.1) is 0 Å². The van der Waals surface area contributed by atoms with Crippen LogP contribution in [0.4, 0.5) is 0 Å². The first-order valence-corrected chi connectivity index (χ1v) is 11.7. The van der Waals surface area contributed by atoms with Gasteiger partial charge in [0.05, 0.1) is 17.7 Å². The van der Waals surface area contributed by atoms with E-state index in [1.807, 2.05) is 30.3 Å². The molecule has 186 valence electrons. The van der Waals surface area contributed by atoms with Gasteiger partial charge in [-0.15, -0.1) is 0 Å². The monoisotopic (exact) mass is 490 g/mol. The second kappa shape index (κ2) is 11.0. The molecule has 8 nitrogen and oxygen atoms in total. The highest BCUT2D eigenvalue weighted by Gasteiger charge is 2.54. The van der Waals surface area contributed by atoms with Crippen LogP contribution in [-0.2, 0) is 28.4 Å². The van der Waals surface area contributed by atoms with Crippen LogP contribution >= 0.6 is 0 Å². The van der Waals surface area contributed by atoms with E-state index >= 15 is 0 Å². The highest BCUT2D eigenvalue weighted by atomic mass is 16.8. The Morgan fingerprint density at radius 2 is 1.25 bits per heavy atom. The molecule has 3 aromatic carbocycles. The lowest BCUT2D eigenvalue weighted by molar-refractivity contribution is -0.356. The van der Waals surface area contributed by atoms with Crippen LogP contribution in [0.2, 0.25) is 0 Å². The smallest absolute Gasteiger partial charge is 0.338 e. The van der Waals surface area contributed by atoms with Crippen molar-refractivity contribution in [1.29, 1.82) is 0 Å². The van der Waals surface area contributed by atoms with E-state index in [-0.39, 0.29) is 6.61 Å². The molecule has 36 heavy (non-hydrogen) atoms. The molecule has 3 aromatic rings. The van der Waals surface area contributed by atoms with E-state index in [0.717, 1.165) is 5.56 Å². The molecule has 0 saturated carbocycles. The fourth-order valence-corrected chi connectivity index (χ4v) is 4.31. The zero-order chi connectivity index (χ0) is 24.9. The van der Waals surface area contributed by atoms with Crippen molar-refractivity contribution in [2.24, 2.45) is 0 Å². The molecule has 2 heterocycles. The van der Waals surface area contributed by atoms with Gasteiger partial charge in [0.25, 0.3) is 0 Å². The van der Waals surface area contributed by atoms with Crippen LogP contribution in [0.15, 0.2) is 91.0 Å². The molecule has 0 aromatic heterocycles. The quantitative estimate of drug-likeness (QED) is 0.481. The molecule has 4 unspecified atom stereocenters. The highest BCUT2D eigenvalue weighted by molar-refractivity contribution is 5.90. The van der Waals surface area contributed by atoms with E-state index in [4.69, 9.17) is 28.4 Å². The minimum Gasteiger partial charge on any atom is -0.452 e. The summed E-state index contributed by atoms with van der Waals surface area (Å²) in [6.45, 7) is 0.169. The zero-order valence-corrected chi connectivity index (χ0v) is 19.6. The summed E-state index contributed by atoms with van der Waals surface area (Å²) >= 11 is 0. The lowest BCUT2D eigenvalue weighted by Crippen LogP contribution is -2.64. The number of hydrogen-bond acceptors (Lipinski definition) is 8. The molecule has 2 saturated heterocycles. The summed E-state index contributed by atoms with van der Waals surface area (Å²) in [5.41, 5.74) is 1.50. The maximum absolute atomic E-state index is 13.1. The van der Waals surface area contributed by atoms with E-state index in [0.29, 0.717) is 11.1 Å². The van der Waals surface area contributed by atoms with Gasteiger partial charge >= 0.3 is 11.9 Å². The Bertz CT molecular complexity index is 1150. The highest BCUT2D eigenvalue weighted by Crippen LogP contribution is 2.37. The lowest BCUT2D eigenvalue weighted by Gasteiger charge is -2.47. The number of carbonyl (C=O) groups is 2. The molecule has 5 rings (SSSR count). The summed E-state index contributed by atoms with van der Waals surface area (Å²) in [5, 5.41) is 0. The predicted octanol–water partition coefficient (Wildman–Crippen LogP) is 3.92. The number of methoxy groups -OCH3 is 1. The van der Waals surface area contributed by atoms with E-state index in [9.17, 15) is 9.59 Å². The van der Waals surface area contributed by atoms with Crippen molar-refractivity contribution >= 4 is 11.9 Å². The Morgan fingerprint density at radius 3 is 1.81 bits per heavy atom. The molecule has 0 N–H and O–H groups in total. The molecular formula is C28H26O8. The second-order valence-corrected chi connectivity index (χ2v) is 8.43. The van der Waals surface area contributed by atoms with Crippen molar-refractivity contribution in [3.8, 4) is 0 Å². The molecule has 0 bridgehead atoms. The summed E-state index contributed by atoms with van der Waals surface area (Å²) in [6, 6.07) is 26.5. The average molecular weight is 491 g/mol. The van der Waals surface area contributed by atoms with Crippen molar-refractivity contribution in [2.45, 2.75) is 37.0 Å². The van der Waals surface area contributed by atoms with Gasteiger partial charge in [-0.2, -0.15) is 0 Å². The summed E-state index contributed by atoms with van der Waals surface area (Å²) < 4.78 is 35.5. The van der Waals surface area contributed by atoms with Crippen LogP contribution in [0.1, 0.15) is 32.6 Å². The lowest BCUT2D eigenvalue weighted by atomic mass is 9.97. The molecule has 2 aliphatic heterocycles. The SMILES string of the molecule is CO[C@@H]1OC2COC(c3ccccc3)O[C@@H]2C(OC(=O)c2ccccc2)C1OC(=O)c1ccccc1. The minimum absolute atomic E-state index is 0.169. The van der Waals surface area contributed by atoms with Crippen molar-refractivity contribution in [3.63, 3.8) is 0 Å². The molecule has 2 aliphatic rings. The molecule has 0 aliphatic carbocycles. The van der Waals surface area contributed by atoms with Gasteiger partial charge in [-0.25, -0.2) is 9.59 Å². The minimum atomic E-state index is -1.09. The fourth-order valence-electron chi connectivity index (χ4n) is 4.31. The van der Waals surface area contributed by atoms with Gasteiger partial charge in [-0.05, 0) is 24.3 Å². The largest absolute Gasteiger partial charge is 0.452 e. The number of esters is 2. The van der Waals surface area contributed by atoms with Gasteiger partial charge in [0.15, 0.2) is 24.8 Å². The normalized spacial score (nSPS) is 27.5. The Hall–Kier alpha value is -3.56. The number of fused-ring (bicyclic) bond motifs is 1. The van der Waals surface area contributed by atoms with Gasteiger partial charge in [-0.3, -0.25) is 0 Å². The summed E-state index contributed by atoms with van der Waals surface area (Å²) in [4.78, 5) is 26.1. The van der Waals surface area contributed by atoms with Gasteiger partial charge in [0.2, 0.25) is 0 Å². The number of benzene rings is 3. The van der Waals surface area contributed by atoms with E-state index < -0.39 is 48.9 Å². The second-order valence-electron chi connectivity index (χ2n) is 8.43. The standard InChI is InChI=1S/C28H26O8/c1-31-28-24(35-26(30)19-13-7-3-8-14-19)23(34-25(29)18-11-5-2-6-12-18)22-21(33-28)17-32-27(36-22)20-15-9-4-10-16-20/h2-16,21-24,27-28H,17H2,1H3/t21?,22-,23?,24?,27?,28+/m0/s1. The molecule has 2 fully saturated rings. The number of ether oxygens (including phenoxy) is 6. The third kappa shape index (κ3) is 5.17. The summed E-state index contributed by atoms with van der Waals surface area (Å²) in [6.07, 6.45) is -5.23. The maximum atomic E-state index is 13.1.